The summed E-state index contributed by atoms with van der Waals surface area (Å²) in [5.41, 5.74) is 12.8. The van der Waals surface area contributed by atoms with Crippen LogP contribution in [0.3, 0.4) is 0 Å². The number of nitrogens with zero attached hydrogens (tertiary/aromatic N) is 8. The molecule has 4 N–H and O–H groups in total. The number of hydrogen-bond acceptors (Lipinski definition) is 16. The van der Waals surface area contributed by atoms with Gasteiger partial charge >= 0.3 is 15.5 Å². The van der Waals surface area contributed by atoms with Crippen LogP contribution in [0.2, 0.25) is 0 Å². The summed E-state index contributed by atoms with van der Waals surface area (Å²) in [4.78, 5) is 24.4. The van der Waals surface area contributed by atoms with Crippen molar-refractivity contribution in [3.63, 3.8) is 0 Å². The van der Waals surface area contributed by atoms with Crippen LogP contribution in [0.1, 0.15) is 18.9 Å². The molecule has 4 aromatic rings. The molecule has 0 aliphatic carbocycles. The van der Waals surface area contributed by atoms with Crippen molar-refractivity contribution in [2.45, 2.75) is 49.5 Å². The Morgan fingerprint density at radius 1 is 0.911 bits per heavy atom. The number of aromatic nitrogens is 8. The number of rotatable bonds is 12. The molecule has 2 fully saturated rings. The van der Waals surface area contributed by atoms with Crippen LogP contribution in [-0.2, 0) is 32.2 Å². The zero-order chi connectivity index (χ0) is 31.9. The molecule has 0 saturated carbocycles. The first-order chi connectivity index (χ1) is 21.6. The van der Waals surface area contributed by atoms with Gasteiger partial charge in [-0.25, -0.2) is 47.8 Å². The molecule has 2 saturated heterocycles. The fourth-order valence-electron chi connectivity index (χ4n) is 5.39. The summed E-state index contributed by atoms with van der Waals surface area (Å²) in [5.74, 6) is -0.154. The standard InChI is InChI=1S/C22H26F2N10O7P2S2/c23-12-9(1-2-44)21(33-7-31-14-17(25)27-5-29-19(14)33)39-10(12)4-38-43(36,45)41-16-11(3-37-42-35)40-22(13(16)24)34-8-32-15-18(26)28-6-30-20(15)34/h5-13,16,21-22,44H,1-4H2,(H,36,45)(H2,25,27,29)(H2,26,28,30)/t9-,10-,11-,12-,13-,16-,21-,22-,43?/m1/s1. The average Bonchev–Trinajstić information content (AvgIpc) is 3.77. The van der Waals surface area contributed by atoms with E-state index >= 15 is 8.78 Å². The molecule has 23 heteroatoms. The molecule has 2 aliphatic rings. The van der Waals surface area contributed by atoms with Crippen molar-refractivity contribution in [2.75, 3.05) is 30.4 Å². The second kappa shape index (κ2) is 13.2. The van der Waals surface area contributed by atoms with Crippen LogP contribution in [0.25, 0.3) is 22.3 Å². The van der Waals surface area contributed by atoms with Gasteiger partial charge in [0.15, 0.2) is 35.3 Å². The fraction of sp³-hybridized carbons (Fsp3) is 0.545. The number of imidazole rings is 2. The summed E-state index contributed by atoms with van der Waals surface area (Å²) in [7, 11) is -0.706. The van der Waals surface area contributed by atoms with Gasteiger partial charge < -0.3 is 20.9 Å². The summed E-state index contributed by atoms with van der Waals surface area (Å²) in [6.45, 7) is -5.38. The molecular weight excluding hydrogens is 680 g/mol. The van der Waals surface area contributed by atoms with Crippen LogP contribution in [0, 0.1) is 5.92 Å². The van der Waals surface area contributed by atoms with E-state index in [4.69, 9.17) is 34.5 Å². The number of ether oxygens (including phenoxy) is 2. The zero-order valence-electron chi connectivity index (χ0n) is 22.9. The van der Waals surface area contributed by atoms with Gasteiger partial charge in [0.05, 0.1) is 25.9 Å². The van der Waals surface area contributed by atoms with Gasteiger partial charge in [-0.3, -0.25) is 22.7 Å². The Hall–Kier alpha value is -2.61. The van der Waals surface area contributed by atoms with E-state index in [2.05, 4.69) is 54.8 Å². The number of anilines is 2. The van der Waals surface area contributed by atoms with Crippen LogP contribution in [0.5, 0.6) is 0 Å². The van der Waals surface area contributed by atoms with Crippen molar-refractivity contribution >= 4 is 74.3 Å². The fourth-order valence-corrected chi connectivity index (χ4v) is 7.38. The molecule has 9 atom stereocenters. The molecule has 6 rings (SSSR count). The Labute approximate surface area is 265 Å². The van der Waals surface area contributed by atoms with Crippen molar-refractivity contribution in [1.82, 2.24) is 39.0 Å². The molecule has 242 valence electrons. The number of nitrogen functional groups attached to an aromatic ring is 2. The molecule has 0 amide bonds. The number of hydrogen-bond donors (Lipinski definition) is 4. The lowest BCUT2D eigenvalue weighted by atomic mass is 9.98. The zero-order valence-corrected chi connectivity index (χ0v) is 26.5. The number of alkyl halides is 2. The maximum Gasteiger partial charge on any atom is 0.386 e. The highest BCUT2D eigenvalue weighted by atomic mass is 32.7. The van der Waals surface area contributed by atoms with Crippen LogP contribution in [0.15, 0.2) is 25.3 Å². The molecule has 4 aromatic heterocycles. The van der Waals surface area contributed by atoms with Gasteiger partial charge in [-0.2, -0.15) is 12.6 Å². The van der Waals surface area contributed by atoms with Gasteiger partial charge in [0.2, 0.25) is 0 Å². The SMILES string of the molecule is Nc1ncnc2c1ncn2[C@@H]1O[C@H](COP=O)[C@@H](OP(=O)(S)OC[C@H]2O[C@@H](n3cnc4c(N)ncnc43)[C@H](CCS)[C@H]2F)[C@H]1F. The Morgan fingerprint density at radius 3 is 2.11 bits per heavy atom. The van der Waals surface area contributed by atoms with Gasteiger partial charge in [0.1, 0.15) is 54.4 Å². The average molecular weight is 707 g/mol. The molecule has 1 unspecified atom stereocenters. The van der Waals surface area contributed by atoms with Crippen molar-refractivity contribution < 1.29 is 41.0 Å². The first-order valence-electron chi connectivity index (χ1n) is 13.3. The first-order valence-corrected chi connectivity index (χ1v) is 17.4. The van der Waals surface area contributed by atoms with Gasteiger partial charge in [-0.1, -0.05) is 12.2 Å². The van der Waals surface area contributed by atoms with Gasteiger partial charge in [0.25, 0.3) is 0 Å². The van der Waals surface area contributed by atoms with E-state index in [-0.39, 0.29) is 22.8 Å². The molecular formula is C22H26F2N10O7P2S2. The van der Waals surface area contributed by atoms with Crippen LogP contribution in [0.4, 0.5) is 20.4 Å². The van der Waals surface area contributed by atoms with Gasteiger partial charge in [-0.15, -0.1) is 0 Å². The lowest BCUT2D eigenvalue weighted by Gasteiger charge is -2.23. The molecule has 2 aliphatic heterocycles. The maximum atomic E-state index is 15.9. The largest absolute Gasteiger partial charge is 0.386 e. The predicted octanol–water partition coefficient (Wildman–Crippen LogP) is 2.90. The molecule has 0 radical (unpaired) electrons. The minimum absolute atomic E-state index is 0.0658. The highest BCUT2D eigenvalue weighted by molar-refractivity contribution is 8.44. The minimum Gasteiger partial charge on any atom is -0.382 e. The highest BCUT2D eigenvalue weighted by Gasteiger charge is 2.51. The molecule has 17 nitrogen and oxygen atoms in total. The summed E-state index contributed by atoms with van der Waals surface area (Å²) < 4.78 is 86.4. The number of halogens is 2. The van der Waals surface area contributed by atoms with Gasteiger partial charge in [-0.05, 0) is 12.2 Å². The third kappa shape index (κ3) is 6.25. The Kier molecular flexibility index (Phi) is 9.52. The summed E-state index contributed by atoms with van der Waals surface area (Å²) in [5, 5.41) is 0. The maximum absolute atomic E-state index is 15.9. The third-order valence-corrected chi connectivity index (χ3v) is 9.57. The number of nitrogens with two attached hydrogens (primary N) is 2. The van der Waals surface area contributed by atoms with Crippen molar-refractivity contribution in [1.29, 1.82) is 0 Å². The van der Waals surface area contributed by atoms with E-state index in [1.807, 2.05) is 0 Å². The topological polar surface area (TPSA) is 220 Å². The van der Waals surface area contributed by atoms with Crippen molar-refractivity contribution in [2.24, 2.45) is 5.92 Å². The lowest BCUT2D eigenvalue weighted by molar-refractivity contribution is -0.0429. The second-order valence-corrected chi connectivity index (χ2v) is 13.8. The van der Waals surface area contributed by atoms with E-state index in [0.717, 1.165) is 0 Å². The normalized spacial score (nSPS) is 30.0. The smallest absolute Gasteiger partial charge is 0.382 e. The van der Waals surface area contributed by atoms with Crippen molar-refractivity contribution in [3.8, 4) is 0 Å². The Bertz CT molecular complexity index is 1740. The first kappa shape index (κ1) is 32.3. The van der Waals surface area contributed by atoms with Gasteiger partial charge in [0, 0.05) is 5.92 Å². The molecule has 0 aromatic carbocycles. The third-order valence-electron chi connectivity index (χ3n) is 7.44. The number of fused-ring (bicyclic) bond motifs is 2. The van der Waals surface area contributed by atoms with E-state index in [0.29, 0.717) is 23.3 Å². The minimum atomic E-state index is -4.40. The summed E-state index contributed by atoms with van der Waals surface area (Å²) >= 11 is 8.27. The van der Waals surface area contributed by atoms with Crippen LogP contribution < -0.4 is 11.5 Å². The Balaban J connectivity index is 1.17. The number of thiol groups is 2. The Morgan fingerprint density at radius 2 is 1.51 bits per heavy atom. The van der Waals surface area contributed by atoms with Crippen LogP contribution >= 0.6 is 40.4 Å². The summed E-state index contributed by atoms with van der Waals surface area (Å²) in [6, 6.07) is 0. The van der Waals surface area contributed by atoms with Crippen molar-refractivity contribution in [3.05, 3.63) is 25.3 Å². The van der Waals surface area contributed by atoms with E-state index < -0.39 is 77.7 Å². The summed E-state index contributed by atoms with van der Waals surface area (Å²) in [6.07, 6.45) is -4.50. The quantitative estimate of drug-likeness (QED) is 0.123. The molecule has 0 spiro atoms. The van der Waals surface area contributed by atoms with Crippen LogP contribution in [-0.4, -0.2) is 88.7 Å². The highest BCUT2D eigenvalue weighted by Crippen LogP contribution is 2.57. The molecule has 45 heavy (non-hydrogen) atoms. The second-order valence-electron chi connectivity index (χ2n) is 10.1. The predicted molar refractivity (Wildman–Crippen MR) is 160 cm³/mol. The molecule has 6 heterocycles. The van der Waals surface area contributed by atoms with E-state index in [1.165, 1.54) is 34.4 Å². The lowest BCUT2D eigenvalue weighted by Crippen LogP contribution is -2.33. The van der Waals surface area contributed by atoms with E-state index in [1.54, 1.807) is 0 Å². The van der Waals surface area contributed by atoms with E-state index in [9.17, 15) is 9.13 Å². The monoisotopic (exact) mass is 706 g/mol. The molecule has 0 bridgehead atoms.